The highest BCUT2D eigenvalue weighted by Crippen LogP contribution is 2.18. The summed E-state index contributed by atoms with van der Waals surface area (Å²) in [6.45, 7) is 3.85. The Balaban J connectivity index is 1.77. The van der Waals surface area contributed by atoms with Gasteiger partial charge in [0.2, 0.25) is 0 Å². The number of hydrogen-bond donors (Lipinski definition) is 2. The second-order valence-corrected chi connectivity index (χ2v) is 5.13. The molecule has 3 rings (SSSR count). The quantitative estimate of drug-likeness (QED) is 0.769. The lowest BCUT2D eigenvalue weighted by atomic mass is 10.2. The van der Waals surface area contributed by atoms with Crippen LogP contribution in [0.1, 0.15) is 27.5 Å². The molecule has 0 saturated heterocycles. The van der Waals surface area contributed by atoms with Crippen LogP contribution in [-0.2, 0) is 6.54 Å². The highest BCUT2D eigenvalue weighted by Gasteiger charge is 2.18. The Labute approximate surface area is 132 Å². The van der Waals surface area contributed by atoms with Crippen molar-refractivity contribution in [3.05, 3.63) is 59.2 Å². The standard InChI is InChI=1S/C16H16N4O3/c1-10-13(11(2)23-19-10)8-17-16(22)15-14(21)9-20(18-15)12-6-4-3-5-7-12/h3-7,9,21H,8H2,1-2H3,(H,17,22). The van der Waals surface area contributed by atoms with Gasteiger partial charge in [0.1, 0.15) is 5.76 Å². The van der Waals surface area contributed by atoms with Crippen molar-refractivity contribution in [1.29, 1.82) is 0 Å². The Kier molecular flexibility index (Phi) is 3.84. The number of aromatic hydroxyl groups is 1. The molecule has 0 aliphatic rings. The van der Waals surface area contributed by atoms with Gasteiger partial charge in [-0.15, -0.1) is 0 Å². The molecule has 0 fully saturated rings. The van der Waals surface area contributed by atoms with E-state index in [9.17, 15) is 9.90 Å². The zero-order valence-corrected chi connectivity index (χ0v) is 12.8. The lowest BCUT2D eigenvalue weighted by molar-refractivity contribution is 0.0943. The van der Waals surface area contributed by atoms with Crippen molar-refractivity contribution < 1.29 is 14.4 Å². The second kappa shape index (κ2) is 5.96. The van der Waals surface area contributed by atoms with E-state index in [4.69, 9.17) is 4.52 Å². The Bertz CT molecular complexity index is 817. The number of aryl methyl sites for hydroxylation is 2. The van der Waals surface area contributed by atoms with Crippen molar-refractivity contribution in [1.82, 2.24) is 20.3 Å². The van der Waals surface area contributed by atoms with Crippen LogP contribution in [0.3, 0.4) is 0 Å². The minimum atomic E-state index is -0.461. The van der Waals surface area contributed by atoms with Gasteiger partial charge < -0.3 is 14.9 Å². The van der Waals surface area contributed by atoms with Gasteiger partial charge in [-0.05, 0) is 26.0 Å². The van der Waals surface area contributed by atoms with Gasteiger partial charge in [0, 0.05) is 12.1 Å². The van der Waals surface area contributed by atoms with Gasteiger partial charge in [-0.3, -0.25) is 4.79 Å². The predicted octanol–water partition coefficient (Wildman–Crippen LogP) is 2.11. The van der Waals surface area contributed by atoms with Crippen molar-refractivity contribution >= 4 is 5.91 Å². The molecule has 7 nitrogen and oxygen atoms in total. The minimum Gasteiger partial charge on any atom is -0.504 e. The number of aromatic nitrogens is 3. The van der Waals surface area contributed by atoms with Gasteiger partial charge in [0.15, 0.2) is 11.4 Å². The average Bonchev–Trinajstić information content (AvgIpc) is 3.09. The maximum absolute atomic E-state index is 12.2. The highest BCUT2D eigenvalue weighted by molar-refractivity contribution is 5.94. The van der Waals surface area contributed by atoms with E-state index in [0.717, 1.165) is 16.9 Å². The van der Waals surface area contributed by atoms with Crippen molar-refractivity contribution in [2.24, 2.45) is 0 Å². The van der Waals surface area contributed by atoms with Crippen molar-refractivity contribution in [2.45, 2.75) is 20.4 Å². The molecule has 23 heavy (non-hydrogen) atoms. The Morgan fingerprint density at radius 2 is 2.04 bits per heavy atom. The van der Waals surface area contributed by atoms with E-state index >= 15 is 0 Å². The number of carbonyl (C=O) groups is 1. The lowest BCUT2D eigenvalue weighted by Gasteiger charge is -2.03. The first-order chi connectivity index (χ1) is 11.1. The molecule has 0 atom stereocenters. The molecule has 0 bridgehead atoms. The normalized spacial score (nSPS) is 10.7. The van der Waals surface area contributed by atoms with Gasteiger partial charge in [0.05, 0.1) is 17.6 Å². The summed E-state index contributed by atoms with van der Waals surface area (Å²) in [6.07, 6.45) is 1.40. The monoisotopic (exact) mass is 312 g/mol. The van der Waals surface area contributed by atoms with E-state index in [1.54, 1.807) is 13.8 Å². The number of rotatable bonds is 4. The van der Waals surface area contributed by atoms with Crippen molar-refractivity contribution in [2.75, 3.05) is 0 Å². The van der Waals surface area contributed by atoms with Crippen LogP contribution in [0.5, 0.6) is 5.75 Å². The lowest BCUT2D eigenvalue weighted by Crippen LogP contribution is -2.24. The number of carbonyl (C=O) groups excluding carboxylic acids is 1. The third-order valence-electron chi connectivity index (χ3n) is 3.54. The second-order valence-electron chi connectivity index (χ2n) is 5.13. The summed E-state index contributed by atoms with van der Waals surface area (Å²) in [5.74, 6) is 0.0177. The fraction of sp³-hybridized carbons (Fsp3) is 0.188. The number of nitrogens with zero attached hydrogens (tertiary/aromatic N) is 3. The third-order valence-corrected chi connectivity index (χ3v) is 3.54. The van der Waals surface area contributed by atoms with Crippen LogP contribution < -0.4 is 5.32 Å². The molecule has 3 aromatic rings. The summed E-state index contributed by atoms with van der Waals surface area (Å²) < 4.78 is 6.51. The highest BCUT2D eigenvalue weighted by atomic mass is 16.5. The summed E-state index contributed by atoms with van der Waals surface area (Å²) in [5.41, 5.74) is 2.27. The summed E-state index contributed by atoms with van der Waals surface area (Å²) >= 11 is 0. The smallest absolute Gasteiger partial charge is 0.275 e. The molecule has 0 spiro atoms. The van der Waals surface area contributed by atoms with Crippen LogP contribution in [0.2, 0.25) is 0 Å². The molecule has 0 aliphatic heterocycles. The third kappa shape index (κ3) is 2.94. The molecule has 0 radical (unpaired) electrons. The first kappa shape index (κ1) is 14.8. The molecule has 118 valence electrons. The minimum absolute atomic E-state index is 0.0272. The zero-order chi connectivity index (χ0) is 16.4. The molecule has 0 saturated carbocycles. The Hall–Kier alpha value is -3.09. The van der Waals surface area contributed by atoms with E-state index < -0.39 is 5.91 Å². The molecule has 2 heterocycles. The largest absolute Gasteiger partial charge is 0.504 e. The molecular formula is C16H16N4O3. The van der Waals surface area contributed by atoms with Gasteiger partial charge in [-0.25, -0.2) is 4.68 Å². The van der Waals surface area contributed by atoms with E-state index in [1.807, 2.05) is 30.3 Å². The Morgan fingerprint density at radius 3 is 2.70 bits per heavy atom. The van der Waals surface area contributed by atoms with E-state index in [1.165, 1.54) is 10.9 Å². The maximum Gasteiger partial charge on any atom is 0.275 e. The molecule has 2 N–H and O–H groups in total. The molecule has 0 unspecified atom stereocenters. The summed E-state index contributed by atoms with van der Waals surface area (Å²) in [6, 6.07) is 9.25. The number of amides is 1. The number of para-hydroxylation sites is 1. The summed E-state index contributed by atoms with van der Waals surface area (Å²) in [7, 11) is 0. The summed E-state index contributed by atoms with van der Waals surface area (Å²) in [5, 5.41) is 20.6. The maximum atomic E-state index is 12.2. The fourth-order valence-corrected chi connectivity index (χ4v) is 2.25. The average molecular weight is 312 g/mol. The van der Waals surface area contributed by atoms with Crippen LogP contribution in [0.25, 0.3) is 5.69 Å². The molecule has 7 heteroatoms. The number of hydrogen-bond acceptors (Lipinski definition) is 5. The first-order valence-electron chi connectivity index (χ1n) is 7.10. The van der Waals surface area contributed by atoms with Crippen LogP contribution in [0, 0.1) is 13.8 Å². The molecule has 0 aliphatic carbocycles. The SMILES string of the molecule is Cc1noc(C)c1CNC(=O)c1nn(-c2ccccc2)cc1O. The Morgan fingerprint density at radius 1 is 1.30 bits per heavy atom. The van der Waals surface area contributed by atoms with Gasteiger partial charge in [-0.2, -0.15) is 5.10 Å². The van der Waals surface area contributed by atoms with Crippen LogP contribution in [-0.4, -0.2) is 26.0 Å². The van der Waals surface area contributed by atoms with Crippen molar-refractivity contribution in [3.63, 3.8) is 0 Å². The summed E-state index contributed by atoms with van der Waals surface area (Å²) in [4.78, 5) is 12.2. The van der Waals surface area contributed by atoms with Crippen molar-refractivity contribution in [3.8, 4) is 11.4 Å². The molecular weight excluding hydrogens is 296 g/mol. The molecule has 1 amide bonds. The zero-order valence-electron chi connectivity index (χ0n) is 12.8. The topological polar surface area (TPSA) is 93.2 Å². The number of benzene rings is 1. The van der Waals surface area contributed by atoms with E-state index in [2.05, 4.69) is 15.6 Å². The first-order valence-corrected chi connectivity index (χ1v) is 7.10. The molecule has 2 aromatic heterocycles. The van der Waals surface area contributed by atoms with Gasteiger partial charge in [0.25, 0.3) is 5.91 Å². The fourth-order valence-electron chi connectivity index (χ4n) is 2.25. The van der Waals surface area contributed by atoms with E-state index in [-0.39, 0.29) is 18.0 Å². The van der Waals surface area contributed by atoms with E-state index in [0.29, 0.717) is 5.76 Å². The van der Waals surface area contributed by atoms with Gasteiger partial charge in [-0.1, -0.05) is 23.4 Å². The van der Waals surface area contributed by atoms with Crippen LogP contribution in [0.15, 0.2) is 41.1 Å². The van der Waals surface area contributed by atoms with Crippen LogP contribution >= 0.6 is 0 Å². The predicted molar refractivity (Wildman–Crippen MR) is 82.4 cm³/mol. The van der Waals surface area contributed by atoms with Crippen LogP contribution in [0.4, 0.5) is 0 Å². The number of nitrogens with one attached hydrogen (secondary N) is 1. The van der Waals surface area contributed by atoms with Gasteiger partial charge >= 0.3 is 0 Å². The molecule has 1 aromatic carbocycles.